The van der Waals surface area contributed by atoms with E-state index in [1.54, 1.807) is 0 Å². The number of benzene rings is 3. The molecule has 6 nitrogen and oxygen atoms in total. The van der Waals surface area contributed by atoms with Crippen molar-refractivity contribution in [1.29, 1.82) is 0 Å². The van der Waals surface area contributed by atoms with Gasteiger partial charge in [0, 0.05) is 17.8 Å². The second-order valence-electron chi connectivity index (χ2n) is 5.73. The molecule has 136 valence electrons. The van der Waals surface area contributed by atoms with Gasteiger partial charge in [-0.2, -0.15) is 5.21 Å². The topological polar surface area (TPSA) is 75.7 Å². The van der Waals surface area contributed by atoms with Crippen LogP contribution in [0.5, 0.6) is 11.5 Å². The van der Waals surface area contributed by atoms with E-state index in [0.717, 1.165) is 29.3 Å². The zero-order valence-electron chi connectivity index (χ0n) is 14.0. The molecule has 0 fully saturated rings. The van der Waals surface area contributed by atoms with Crippen LogP contribution in [-0.4, -0.2) is 20.6 Å². The normalized spacial score (nSPS) is 10.1. The third kappa shape index (κ3) is 4.70. The molecule has 0 amide bonds. The van der Waals surface area contributed by atoms with Crippen molar-refractivity contribution in [2.24, 2.45) is 0 Å². The molecule has 0 spiro atoms. The van der Waals surface area contributed by atoms with Crippen molar-refractivity contribution in [3.63, 3.8) is 0 Å². The SMILES string of the molecule is C.c1ccc(Oc2ccc(CNc3ccc(-c4nn[nH]n4)cc3)cc2)cc1. The minimum absolute atomic E-state index is 0. The highest BCUT2D eigenvalue weighted by atomic mass is 16.5. The van der Waals surface area contributed by atoms with Crippen LogP contribution in [-0.2, 0) is 6.54 Å². The number of para-hydroxylation sites is 1. The van der Waals surface area contributed by atoms with Crippen molar-refractivity contribution in [1.82, 2.24) is 20.6 Å². The minimum Gasteiger partial charge on any atom is -0.457 e. The molecule has 0 atom stereocenters. The van der Waals surface area contributed by atoms with E-state index in [4.69, 9.17) is 4.74 Å². The fraction of sp³-hybridized carbons (Fsp3) is 0.0952. The molecule has 4 rings (SSSR count). The zero-order valence-corrected chi connectivity index (χ0v) is 14.0. The van der Waals surface area contributed by atoms with Crippen LogP contribution in [0.25, 0.3) is 11.4 Å². The lowest BCUT2D eigenvalue weighted by Gasteiger charge is -2.09. The van der Waals surface area contributed by atoms with Crippen LogP contribution < -0.4 is 10.1 Å². The second kappa shape index (κ2) is 8.62. The maximum Gasteiger partial charge on any atom is 0.204 e. The lowest BCUT2D eigenvalue weighted by Crippen LogP contribution is -1.99. The van der Waals surface area contributed by atoms with Gasteiger partial charge in [0.05, 0.1) is 0 Å². The first kappa shape index (κ1) is 18.1. The fourth-order valence-corrected chi connectivity index (χ4v) is 2.53. The Morgan fingerprint density at radius 3 is 2.19 bits per heavy atom. The van der Waals surface area contributed by atoms with Crippen molar-refractivity contribution in [3.05, 3.63) is 84.4 Å². The molecule has 1 aromatic heterocycles. The number of nitrogens with one attached hydrogen (secondary N) is 2. The number of ether oxygens (including phenoxy) is 1. The number of nitrogens with zero attached hydrogens (tertiary/aromatic N) is 3. The van der Waals surface area contributed by atoms with Gasteiger partial charge in [-0.25, -0.2) is 0 Å². The van der Waals surface area contributed by atoms with Gasteiger partial charge in [-0.3, -0.25) is 0 Å². The van der Waals surface area contributed by atoms with Gasteiger partial charge >= 0.3 is 0 Å². The van der Waals surface area contributed by atoms with E-state index in [1.165, 1.54) is 5.56 Å². The smallest absolute Gasteiger partial charge is 0.204 e. The van der Waals surface area contributed by atoms with Gasteiger partial charge in [0.1, 0.15) is 11.5 Å². The molecule has 2 N–H and O–H groups in total. The number of anilines is 1. The third-order valence-corrected chi connectivity index (χ3v) is 3.89. The van der Waals surface area contributed by atoms with Gasteiger partial charge in [-0.1, -0.05) is 37.8 Å². The van der Waals surface area contributed by atoms with E-state index in [2.05, 4.69) is 38.1 Å². The maximum absolute atomic E-state index is 5.80. The van der Waals surface area contributed by atoms with Crippen molar-refractivity contribution in [2.45, 2.75) is 14.0 Å². The first-order valence-corrected chi connectivity index (χ1v) is 8.26. The first-order chi connectivity index (χ1) is 12.9. The minimum atomic E-state index is 0. The van der Waals surface area contributed by atoms with Crippen LogP contribution in [0, 0.1) is 0 Å². The maximum atomic E-state index is 5.80. The van der Waals surface area contributed by atoms with E-state index in [9.17, 15) is 0 Å². The highest BCUT2D eigenvalue weighted by Crippen LogP contribution is 2.22. The van der Waals surface area contributed by atoms with Crippen LogP contribution in [0.2, 0.25) is 0 Å². The number of tetrazole rings is 1. The Balaban J connectivity index is 0.00000210. The van der Waals surface area contributed by atoms with Crippen LogP contribution in [0.3, 0.4) is 0 Å². The Morgan fingerprint density at radius 1 is 0.815 bits per heavy atom. The van der Waals surface area contributed by atoms with E-state index < -0.39 is 0 Å². The molecule has 0 radical (unpaired) electrons. The summed E-state index contributed by atoms with van der Waals surface area (Å²) >= 11 is 0. The number of rotatable bonds is 6. The van der Waals surface area contributed by atoms with E-state index in [1.807, 2.05) is 66.7 Å². The molecule has 0 saturated carbocycles. The average Bonchev–Trinajstić information content (AvgIpc) is 3.24. The summed E-state index contributed by atoms with van der Waals surface area (Å²) in [6.07, 6.45) is 0. The average molecular weight is 359 g/mol. The molecule has 27 heavy (non-hydrogen) atoms. The van der Waals surface area contributed by atoms with Gasteiger partial charge in [-0.05, 0) is 59.3 Å². The molecule has 0 unspecified atom stereocenters. The van der Waals surface area contributed by atoms with Crippen molar-refractivity contribution >= 4 is 5.69 Å². The first-order valence-electron chi connectivity index (χ1n) is 8.26. The largest absolute Gasteiger partial charge is 0.457 e. The van der Waals surface area contributed by atoms with Gasteiger partial charge in [0.25, 0.3) is 0 Å². The molecule has 3 aromatic carbocycles. The summed E-state index contributed by atoms with van der Waals surface area (Å²) in [6, 6.07) is 25.7. The van der Waals surface area contributed by atoms with Crippen LogP contribution >= 0.6 is 0 Å². The number of hydrogen-bond acceptors (Lipinski definition) is 5. The van der Waals surface area contributed by atoms with E-state index in [0.29, 0.717) is 5.82 Å². The van der Waals surface area contributed by atoms with Gasteiger partial charge in [0.2, 0.25) is 5.82 Å². The van der Waals surface area contributed by atoms with Gasteiger partial charge in [0.15, 0.2) is 0 Å². The molecule has 0 aliphatic heterocycles. The molecule has 0 bridgehead atoms. The highest BCUT2D eigenvalue weighted by molar-refractivity contribution is 5.59. The van der Waals surface area contributed by atoms with Crippen molar-refractivity contribution < 1.29 is 4.74 Å². The summed E-state index contributed by atoms with van der Waals surface area (Å²) in [7, 11) is 0. The van der Waals surface area contributed by atoms with Crippen LogP contribution in [0.15, 0.2) is 78.9 Å². The molecule has 0 aliphatic rings. The second-order valence-corrected chi connectivity index (χ2v) is 5.73. The molecule has 1 heterocycles. The summed E-state index contributed by atoms with van der Waals surface area (Å²) in [5.41, 5.74) is 3.13. The lowest BCUT2D eigenvalue weighted by molar-refractivity contribution is 0.482. The lowest BCUT2D eigenvalue weighted by atomic mass is 10.2. The summed E-state index contributed by atoms with van der Waals surface area (Å²) in [5.74, 6) is 2.25. The predicted octanol–water partition coefficient (Wildman–Crippen LogP) is 4.91. The molecule has 6 heteroatoms. The Morgan fingerprint density at radius 2 is 1.52 bits per heavy atom. The Kier molecular flexibility index (Phi) is 5.79. The van der Waals surface area contributed by atoms with E-state index >= 15 is 0 Å². The monoisotopic (exact) mass is 359 g/mol. The van der Waals surface area contributed by atoms with Crippen molar-refractivity contribution in [2.75, 3.05) is 5.32 Å². The van der Waals surface area contributed by atoms with Gasteiger partial charge < -0.3 is 10.1 Å². The molecule has 4 aromatic rings. The Hall–Kier alpha value is -3.67. The van der Waals surface area contributed by atoms with Gasteiger partial charge in [-0.15, -0.1) is 10.2 Å². The number of hydrogen-bond donors (Lipinski definition) is 2. The Labute approximate surface area is 158 Å². The highest BCUT2D eigenvalue weighted by Gasteiger charge is 2.02. The summed E-state index contributed by atoms with van der Waals surface area (Å²) < 4.78 is 5.80. The third-order valence-electron chi connectivity index (χ3n) is 3.89. The molecule has 0 aliphatic carbocycles. The van der Waals surface area contributed by atoms with Crippen LogP contribution in [0.1, 0.15) is 13.0 Å². The van der Waals surface area contributed by atoms with Crippen molar-refractivity contribution in [3.8, 4) is 22.9 Å². The molecule has 0 saturated heterocycles. The number of aromatic nitrogens is 4. The fourth-order valence-electron chi connectivity index (χ4n) is 2.53. The predicted molar refractivity (Wildman–Crippen MR) is 107 cm³/mol. The number of aromatic amines is 1. The van der Waals surface area contributed by atoms with Crippen LogP contribution in [0.4, 0.5) is 5.69 Å². The van der Waals surface area contributed by atoms with E-state index in [-0.39, 0.29) is 7.43 Å². The summed E-state index contributed by atoms with van der Waals surface area (Å²) in [4.78, 5) is 0. The summed E-state index contributed by atoms with van der Waals surface area (Å²) in [6.45, 7) is 0.729. The number of H-pyrrole nitrogens is 1. The molecular weight excluding hydrogens is 338 g/mol. The summed E-state index contributed by atoms with van der Waals surface area (Å²) in [5, 5.41) is 17.4. The quantitative estimate of drug-likeness (QED) is 0.512. The molecular formula is C21H21N5O. The standard InChI is InChI=1S/C20H17N5O.CH4/c1-2-4-18(5-3-1)26-19-12-6-15(7-13-19)14-21-17-10-8-16(9-11-17)20-22-24-25-23-20;/h1-13,21H,14H2,(H,22,23,24,25);1H4. The zero-order chi connectivity index (χ0) is 17.6. The Bertz CT molecular complexity index is 936.